The first-order valence-corrected chi connectivity index (χ1v) is 6.42. The summed E-state index contributed by atoms with van der Waals surface area (Å²) in [7, 11) is -3.85. The van der Waals surface area contributed by atoms with Crippen LogP contribution < -0.4 is 10.5 Å². The van der Waals surface area contributed by atoms with E-state index in [1.807, 2.05) is 0 Å². The third kappa shape index (κ3) is 3.85. The van der Waals surface area contributed by atoms with Crippen LogP contribution in [0.15, 0.2) is 29.2 Å². The maximum atomic E-state index is 11.9. The molecule has 7 heteroatoms. The fourth-order valence-electron chi connectivity index (χ4n) is 1.18. The first kappa shape index (κ1) is 14.2. The standard InChI is InChI=1S/C11H12N2O4S/c12-11(15)8-13-18(16,17)10-6-2-1-4-9(10)5-3-7-14/h1-2,4,6,13-14H,7-8H2,(H2,12,15). The van der Waals surface area contributed by atoms with Crippen LogP contribution in [0, 0.1) is 11.8 Å². The van der Waals surface area contributed by atoms with Gasteiger partial charge in [-0.05, 0) is 12.1 Å². The molecule has 0 aromatic heterocycles. The second kappa shape index (κ2) is 6.16. The summed E-state index contributed by atoms with van der Waals surface area (Å²) in [6.07, 6.45) is 0. The van der Waals surface area contributed by atoms with E-state index in [1.54, 1.807) is 6.07 Å². The average Bonchev–Trinajstić information content (AvgIpc) is 2.34. The number of sulfonamides is 1. The minimum Gasteiger partial charge on any atom is -0.384 e. The molecule has 1 aromatic rings. The number of primary amides is 1. The van der Waals surface area contributed by atoms with E-state index in [2.05, 4.69) is 16.6 Å². The number of carbonyl (C=O) groups excluding carboxylic acids is 1. The number of aliphatic hydroxyl groups is 1. The predicted molar refractivity (Wildman–Crippen MR) is 64.8 cm³/mol. The van der Waals surface area contributed by atoms with Crippen molar-refractivity contribution in [3.63, 3.8) is 0 Å². The van der Waals surface area contributed by atoms with E-state index in [1.165, 1.54) is 18.2 Å². The van der Waals surface area contributed by atoms with Crippen molar-refractivity contribution in [3.8, 4) is 11.8 Å². The molecule has 0 atom stereocenters. The van der Waals surface area contributed by atoms with Crippen LogP contribution in [0.2, 0.25) is 0 Å². The van der Waals surface area contributed by atoms with E-state index in [0.29, 0.717) is 0 Å². The largest absolute Gasteiger partial charge is 0.384 e. The number of aliphatic hydroxyl groups excluding tert-OH is 1. The van der Waals surface area contributed by atoms with Crippen molar-refractivity contribution in [2.24, 2.45) is 5.73 Å². The van der Waals surface area contributed by atoms with Crippen LogP contribution in [-0.4, -0.2) is 32.6 Å². The molecule has 0 aliphatic carbocycles. The molecule has 0 heterocycles. The van der Waals surface area contributed by atoms with Gasteiger partial charge in [0.1, 0.15) is 6.61 Å². The highest BCUT2D eigenvalue weighted by molar-refractivity contribution is 7.89. The molecule has 4 N–H and O–H groups in total. The van der Waals surface area contributed by atoms with Gasteiger partial charge < -0.3 is 10.8 Å². The summed E-state index contributed by atoms with van der Waals surface area (Å²) < 4.78 is 25.8. The fourth-order valence-corrected chi connectivity index (χ4v) is 2.34. The Morgan fingerprint density at radius 3 is 2.67 bits per heavy atom. The van der Waals surface area contributed by atoms with Gasteiger partial charge in [-0.3, -0.25) is 4.79 Å². The Bertz CT molecular complexity index is 599. The minimum absolute atomic E-state index is 0.0628. The van der Waals surface area contributed by atoms with Crippen molar-refractivity contribution in [1.82, 2.24) is 4.72 Å². The highest BCUT2D eigenvalue weighted by atomic mass is 32.2. The lowest BCUT2D eigenvalue weighted by Gasteiger charge is -2.06. The molecule has 0 bridgehead atoms. The van der Waals surface area contributed by atoms with Gasteiger partial charge in [-0.15, -0.1) is 0 Å². The predicted octanol–water partition coefficient (Wildman–Crippen LogP) is -1.21. The van der Waals surface area contributed by atoms with Gasteiger partial charge in [0.25, 0.3) is 0 Å². The smallest absolute Gasteiger partial charge is 0.242 e. The van der Waals surface area contributed by atoms with Gasteiger partial charge in [0.15, 0.2) is 0 Å². The summed E-state index contributed by atoms with van der Waals surface area (Å²) in [6, 6.07) is 6.00. The van der Waals surface area contributed by atoms with Gasteiger partial charge in [-0.1, -0.05) is 24.0 Å². The highest BCUT2D eigenvalue weighted by Gasteiger charge is 2.17. The number of rotatable bonds is 4. The van der Waals surface area contributed by atoms with Gasteiger partial charge in [0.05, 0.1) is 11.4 Å². The van der Waals surface area contributed by atoms with Gasteiger partial charge in [0.2, 0.25) is 15.9 Å². The van der Waals surface area contributed by atoms with Crippen molar-refractivity contribution in [2.45, 2.75) is 4.90 Å². The molecule has 6 nitrogen and oxygen atoms in total. The number of hydrogen-bond acceptors (Lipinski definition) is 4. The molecule has 0 aliphatic rings. The summed E-state index contributed by atoms with van der Waals surface area (Å²) >= 11 is 0. The third-order valence-electron chi connectivity index (χ3n) is 1.92. The lowest BCUT2D eigenvalue weighted by atomic mass is 10.2. The zero-order valence-corrected chi connectivity index (χ0v) is 10.2. The molecular formula is C11H12N2O4S. The average molecular weight is 268 g/mol. The first-order chi connectivity index (χ1) is 8.47. The molecular weight excluding hydrogens is 256 g/mol. The molecule has 0 aliphatic heterocycles. The van der Waals surface area contributed by atoms with E-state index < -0.39 is 22.5 Å². The Balaban J connectivity index is 3.12. The Hall–Kier alpha value is -1.88. The Morgan fingerprint density at radius 1 is 1.39 bits per heavy atom. The number of hydrogen-bond donors (Lipinski definition) is 3. The van der Waals surface area contributed by atoms with Crippen LogP contribution in [0.25, 0.3) is 0 Å². The van der Waals surface area contributed by atoms with Crippen LogP contribution in [0.5, 0.6) is 0 Å². The maximum absolute atomic E-state index is 11.9. The number of benzene rings is 1. The van der Waals surface area contributed by atoms with E-state index in [-0.39, 0.29) is 17.1 Å². The summed E-state index contributed by atoms with van der Waals surface area (Å²) in [5.41, 5.74) is 5.11. The molecule has 0 unspecified atom stereocenters. The molecule has 0 saturated carbocycles. The molecule has 1 aromatic carbocycles. The molecule has 0 saturated heterocycles. The van der Waals surface area contributed by atoms with E-state index in [9.17, 15) is 13.2 Å². The Labute approximate surface area is 105 Å². The van der Waals surface area contributed by atoms with Crippen molar-refractivity contribution < 1.29 is 18.3 Å². The number of carbonyl (C=O) groups is 1. The lowest BCUT2D eigenvalue weighted by molar-refractivity contribution is -0.116. The molecule has 0 radical (unpaired) electrons. The summed E-state index contributed by atoms with van der Waals surface area (Å²) in [5.74, 6) is 4.10. The number of nitrogens with one attached hydrogen (secondary N) is 1. The maximum Gasteiger partial charge on any atom is 0.242 e. The van der Waals surface area contributed by atoms with Crippen LogP contribution in [0.1, 0.15) is 5.56 Å². The summed E-state index contributed by atoms with van der Waals surface area (Å²) in [5, 5.41) is 8.60. The number of amides is 1. The zero-order valence-electron chi connectivity index (χ0n) is 9.38. The SMILES string of the molecule is NC(=O)CNS(=O)(=O)c1ccccc1C#CCO. The molecule has 0 spiro atoms. The normalized spacial score (nSPS) is 10.5. The van der Waals surface area contributed by atoms with E-state index in [4.69, 9.17) is 10.8 Å². The molecule has 96 valence electrons. The Morgan fingerprint density at radius 2 is 2.06 bits per heavy atom. The molecule has 1 amide bonds. The molecule has 0 fully saturated rings. The van der Waals surface area contributed by atoms with Gasteiger partial charge in [-0.25, -0.2) is 13.1 Å². The monoisotopic (exact) mass is 268 g/mol. The van der Waals surface area contributed by atoms with Crippen molar-refractivity contribution in [2.75, 3.05) is 13.2 Å². The molecule has 18 heavy (non-hydrogen) atoms. The number of nitrogens with two attached hydrogens (primary N) is 1. The quantitative estimate of drug-likeness (QED) is 0.595. The first-order valence-electron chi connectivity index (χ1n) is 4.94. The fraction of sp³-hybridized carbons (Fsp3) is 0.182. The Kier molecular flexibility index (Phi) is 4.85. The van der Waals surface area contributed by atoms with Crippen molar-refractivity contribution in [1.29, 1.82) is 0 Å². The van der Waals surface area contributed by atoms with Crippen LogP contribution in [-0.2, 0) is 14.8 Å². The van der Waals surface area contributed by atoms with Crippen molar-refractivity contribution in [3.05, 3.63) is 29.8 Å². The summed E-state index contributed by atoms with van der Waals surface area (Å²) in [4.78, 5) is 10.5. The van der Waals surface area contributed by atoms with Crippen LogP contribution in [0.3, 0.4) is 0 Å². The second-order valence-corrected chi connectivity index (χ2v) is 4.98. The van der Waals surface area contributed by atoms with Crippen molar-refractivity contribution >= 4 is 15.9 Å². The van der Waals surface area contributed by atoms with Gasteiger partial charge in [0, 0.05) is 5.56 Å². The van der Waals surface area contributed by atoms with Gasteiger partial charge in [-0.2, -0.15) is 0 Å². The highest BCUT2D eigenvalue weighted by Crippen LogP contribution is 2.13. The van der Waals surface area contributed by atoms with Gasteiger partial charge >= 0.3 is 0 Å². The van der Waals surface area contributed by atoms with Crippen LogP contribution >= 0.6 is 0 Å². The van der Waals surface area contributed by atoms with Crippen LogP contribution in [0.4, 0.5) is 0 Å². The van der Waals surface area contributed by atoms with E-state index >= 15 is 0 Å². The molecule has 1 rings (SSSR count). The van der Waals surface area contributed by atoms with E-state index in [0.717, 1.165) is 0 Å². The topological polar surface area (TPSA) is 109 Å². The second-order valence-electron chi connectivity index (χ2n) is 3.25. The third-order valence-corrected chi connectivity index (χ3v) is 3.37. The minimum atomic E-state index is -3.85. The zero-order chi connectivity index (χ0) is 13.6. The summed E-state index contributed by atoms with van der Waals surface area (Å²) in [6.45, 7) is -0.854. The lowest BCUT2D eigenvalue weighted by Crippen LogP contribution is -2.33.